The number of hydrogen-bond donors (Lipinski definition) is 2. The van der Waals surface area contributed by atoms with Crippen molar-refractivity contribution in [3.8, 4) is 17.2 Å². The van der Waals surface area contributed by atoms with Crippen LogP contribution in [0.15, 0.2) is 42.5 Å². The Labute approximate surface area is 148 Å². The summed E-state index contributed by atoms with van der Waals surface area (Å²) in [4.78, 5) is 14.2. The molecule has 0 fully saturated rings. The minimum Gasteiger partial charge on any atom is -0.508 e. The highest BCUT2D eigenvalue weighted by atomic mass is 16.5. The molecule has 0 saturated carbocycles. The van der Waals surface area contributed by atoms with Crippen LogP contribution >= 0.6 is 0 Å². The Morgan fingerprint density at radius 1 is 1.16 bits per heavy atom. The van der Waals surface area contributed by atoms with Crippen LogP contribution in [0.1, 0.15) is 18.5 Å². The van der Waals surface area contributed by atoms with Gasteiger partial charge < -0.3 is 19.9 Å². The number of ether oxygens (including phenoxy) is 2. The van der Waals surface area contributed by atoms with E-state index in [0.717, 1.165) is 5.56 Å². The van der Waals surface area contributed by atoms with E-state index in [0.29, 0.717) is 17.2 Å². The lowest BCUT2D eigenvalue weighted by molar-refractivity contribution is -0.117. The second-order valence-electron chi connectivity index (χ2n) is 5.84. The Bertz CT molecular complexity index is 711. The molecule has 1 amide bonds. The molecule has 6 heteroatoms. The van der Waals surface area contributed by atoms with Crippen LogP contribution in [0.5, 0.6) is 17.2 Å². The molecule has 0 bridgehead atoms. The lowest BCUT2D eigenvalue weighted by atomic mass is 10.1. The Kier molecular flexibility index (Phi) is 6.25. The van der Waals surface area contributed by atoms with Crippen molar-refractivity contribution in [3.05, 3.63) is 48.0 Å². The number of nitrogens with one attached hydrogen (secondary N) is 1. The summed E-state index contributed by atoms with van der Waals surface area (Å²) >= 11 is 0. The van der Waals surface area contributed by atoms with Crippen molar-refractivity contribution in [1.29, 1.82) is 0 Å². The molecule has 0 aliphatic rings. The third-order valence-electron chi connectivity index (χ3n) is 4.04. The van der Waals surface area contributed by atoms with Gasteiger partial charge in [0.25, 0.3) is 0 Å². The number of nitrogens with zero attached hydrogens (tertiary/aromatic N) is 1. The Morgan fingerprint density at radius 3 is 2.36 bits per heavy atom. The third kappa shape index (κ3) is 5.12. The summed E-state index contributed by atoms with van der Waals surface area (Å²) in [6, 6.07) is 12.2. The van der Waals surface area contributed by atoms with Gasteiger partial charge >= 0.3 is 0 Å². The summed E-state index contributed by atoms with van der Waals surface area (Å²) in [5, 5.41) is 12.4. The molecule has 2 aromatic rings. The molecule has 2 rings (SSSR count). The first-order valence-electron chi connectivity index (χ1n) is 7.95. The van der Waals surface area contributed by atoms with Crippen LogP contribution in [0.4, 0.5) is 5.69 Å². The van der Waals surface area contributed by atoms with Gasteiger partial charge in [0.2, 0.25) is 5.91 Å². The molecular weight excluding hydrogens is 320 g/mol. The minimum absolute atomic E-state index is 0.0160. The maximum absolute atomic E-state index is 12.3. The smallest absolute Gasteiger partial charge is 0.238 e. The van der Waals surface area contributed by atoms with E-state index in [1.54, 1.807) is 50.6 Å². The van der Waals surface area contributed by atoms with Gasteiger partial charge in [-0.3, -0.25) is 9.69 Å². The molecule has 0 aliphatic heterocycles. The normalized spacial score (nSPS) is 11.9. The largest absolute Gasteiger partial charge is 0.508 e. The fourth-order valence-electron chi connectivity index (χ4n) is 2.48. The highest BCUT2D eigenvalue weighted by Crippen LogP contribution is 2.26. The zero-order valence-electron chi connectivity index (χ0n) is 14.9. The molecule has 0 aliphatic carbocycles. The average molecular weight is 344 g/mol. The summed E-state index contributed by atoms with van der Waals surface area (Å²) in [7, 11) is 4.98. The molecule has 1 unspecified atom stereocenters. The second kappa shape index (κ2) is 8.39. The number of carbonyl (C=O) groups excluding carboxylic acids is 1. The Hall–Kier alpha value is -2.73. The van der Waals surface area contributed by atoms with Crippen LogP contribution in [0, 0.1) is 0 Å². The van der Waals surface area contributed by atoms with Gasteiger partial charge in [0.15, 0.2) is 0 Å². The van der Waals surface area contributed by atoms with Crippen molar-refractivity contribution in [2.45, 2.75) is 13.0 Å². The SMILES string of the molecule is COc1cc(NC(=O)CN(C)C(C)c2cccc(O)c2)cc(OC)c1. The van der Waals surface area contributed by atoms with E-state index >= 15 is 0 Å². The Balaban J connectivity index is 2.02. The van der Waals surface area contributed by atoms with E-state index in [-0.39, 0.29) is 24.2 Å². The van der Waals surface area contributed by atoms with Crippen molar-refractivity contribution in [2.75, 3.05) is 33.1 Å². The second-order valence-corrected chi connectivity index (χ2v) is 5.84. The van der Waals surface area contributed by atoms with Gasteiger partial charge in [0, 0.05) is 29.9 Å². The summed E-state index contributed by atoms with van der Waals surface area (Å²) in [5.41, 5.74) is 1.55. The number of benzene rings is 2. The standard InChI is InChI=1S/C19H24N2O4/c1-13(14-6-5-7-16(22)8-14)21(2)12-19(23)20-15-9-17(24-3)11-18(10-15)25-4/h5-11,13,22H,12H2,1-4H3,(H,20,23). The van der Waals surface area contributed by atoms with E-state index in [1.165, 1.54) is 0 Å². The van der Waals surface area contributed by atoms with Crippen LogP contribution in [0.3, 0.4) is 0 Å². The van der Waals surface area contributed by atoms with Gasteiger partial charge in [-0.2, -0.15) is 0 Å². The number of methoxy groups -OCH3 is 2. The quantitative estimate of drug-likeness (QED) is 0.808. The number of likely N-dealkylation sites (N-methyl/N-ethyl adjacent to an activating group) is 1. The number of hydrogen-bond acceptors (Lipinski definition) is 5. The number of anilines is 1. The number of carbonyl (C=O) groups is 1. The van der Waals surface area contributed by atoms with Gasteiger partial charge in [-0.05, 0) is 31.7 Å². The fourth-order valence-corrected chi connectivity index (χ4v) is 2.48. The van der Waals surface area contributed by atoms with E-state index in [4.69, 9.17) is 9.47 Å². The van der Waals surface area contributed by atoms with Crippen molar-refractivity contribution < 1.29 is 19.4 Å². The van der Waals surface area contributed by atoms with E-state index in [2.05, 4.69) is 5.32 Å². The molecule has 25 heavy (non-hydrogen) atoms. The van der Waals surface area contributed by atoms with Crippen molar-refractivity contribution >= 4 is 11.6 Å². The highest BCUT2D eigenvalue weighted by molar-refractivity contribution is 5.92. The molecule has 2 aromatic carbocycles. The van der Waals surface area contributed by atoms with Gasteiger partial charge in [-0.25, -0.2) is 0 Å². The number of phenolic OH excluding ortho intramolecular Hbond substituents is 1. The zero-order chi connectivity index (χ0) is 18.4. The monoisotopic (exact) mass is 344 g/mol. The van der Waals surface area contributed by atoms with Crippen LogP contribution in [-0.2, 0) is 4.79 Å². The molecular formula is C19H24N2O4. The van der Waals surface area contributed by atoms with Gasteiger partial charge in [-0.1, -0.05) is 12.1 Å². The van der Waals surface area contributed by atoms with E-state index < -0.39 is 0 Å². The van der Waals surface area contributed by atoms with Crippen molar-refractivity contribution in [3.63, 3.8) is 0 Å². The minimum atomic E-state index is -0.148. The fraction of sp³-hybridized carbons (Fsp3) is 0.316. The first-order valence-corrected chi connectivity index (χ1v) is 7.95. The molecule has 2 N–H and O–H groups in total. The first kappa shape index (κ1) is 18.6. The number of aromatic hydroxyl groups is 1. The van der Waals surface area contributed by atoms with Crippen molar-refractivity contribution in [2.24, 2.45) is 0 Å². The third-order valence-corrected chi connectivity index (χ3v) is 4.04. The molecule has 0 spiro atoms. The topological polar surface area (TPSA) is 71.0 Å². The van der Waals surface area contributed by atoms with Gasteiger partial charge in [0.05, 0.1) is 20.8 Å². The average Bonchev–Trinajstić information content (AvgIpc) is 2.60. The van der Waals surface area contributed by atoms with E-state index in [1.807, 2.05) is 24.9 Å². The molecule has 0 saturated heterocycles. The zero-order valence-corrected chi connectivity index (χ0v) is 14.9. The summed E-state index contributed by atoms with van der Waals surface area (Å²) < 4.78 is 10.4. The van der Waals surface area contributed by atoms with Crippen LogP contribution in [-0.4, -0.2) is 43.7 Å². The van der Waals surface area contributed by atoms with Gasteiger partial charge in [-0.15, -0.1) is 0 Å². The Morgan fingerprint density at radius 2 is 1.80 bits per heavy atom. The predicted molar refractivity (Wildman–Crippen MR) is 97.3 cm³/mol. The maximum atomic E-state index is 12.3. The number of amides is 1. The van der Waals surface area contributed by atoms with Crippen LogP contribution in [0.2, 0.25) is 0 Å². The summed E-state index contributed by atoms with van der Waals surface area (Å²) in [5.74, 6) is 1.28. The summed E-state index contributed by atoms with van der Waals surface area (Å²) in [6.45, 7) is 2.19. The molecule has 6 nitrogen and oxygen atoms in total. The lowest BCUT2D eigenvalue weighted by Gasteiger charge is -2.24. The van der Waals surface area contributed by atoms with Crippen LogP contribution < -0.4 is 14.8 Å². The number of phenols is 1. The lowest BCUT2D eigenvalue weighted by Crippen LogP contribution is -2.32. The maximum Gasteiger partial charge on any atom is 0.238 e. The van der Waals surface area contributed by atoms with E-state index in [9.17, 15) is 9.90 Å². The molecule has 134 valence electrons. The number of rotatable bonds is 7. The molecule has 1 atom stereocenters. The van der Waals surface area contributed by atoms with Gasteiger partial charge in [0.1, 0.15) is 17.2 Å². The van der Waals surface area contributed by atoms with Crippen molar-refractivity contribution in [1.82, 2.24) is 4.90 Å². The molecule has 0 heterocycles. The van der Waals surface area contributed by atoms with Crippen LogP contribution in [0.25, 0.3) is 0 Å². The molecule has 0 aromatic heterocycles. The first-order chi connectivity index (χ1) is 11.9. The summed E-state index contributed by atoms with van der Waals surface area (Å²) in [6.07, 6.45) is 0. The molecule has 0 radical (unpaired) electrons. The highest BCUT2D eigenvalue weighted by Gasteiger charge is 2.16. The predicted octanol–water partition coefficient (Wildman–Crippen LogP) is 3.04.